The van der Waals surface area contributed by atoms with E-state index in [9.17, 15) is 9.90 Å². The van der Waals surface area contributed by atoms with Gasteiger partial charge in [-0.2, -0.15) is 0 Å². The van der Waals surface area contributed by atoms with E-state index in [1.54, 1.807) is 18.2 Å². The Kier molecular flexibility index (Phi) is 2.83. The molecule has 1 aromatic carbocycles. The maximum Gasteiger partial charge on any atom is 0.311 e. The van der Waals surface area contributed by atoms with Crippen LogP contribution in [0.4, 0.5) is 0 Å². The second-order valence-corrected chi connectivity index (χ2v) is 4.58. The third-order valence-corrected chi connectivity index (χ3v) is 3.63. The largest absolute Gasteiger partial charge is 0.508 e. The predicted octanol–water partition coefficient (Wildman–Crippen LogP) is 3.19. The number of thiophene rings is 1. The van der Waals surface area contributed by atoms with E-state index in [4.69, 9.17) is 5.11 Å². The maximum absolute atomic E-state index is 11.1. The lowest BCUT2D eigenvalue weighted by molar-refractivity contribution is -0.138. The summed E-state index contributed by atoms with van der Waals surface area (Å²) in [5, 5.41) is 21.2. The number of aromatic hydroxyl groups is 1. The zero-order valence-electron chi connectivity index (χ0n) is 8.80. The summed E-state index contributed by atoms with van der Waals surface area (Å²) in [6, 6.07) is 5.04. The van der Waals surface area contributed by atoms with Gasteiger partial charge in [-0.3, -0.25) is 4.79 Å². The highest BCUT2D eigenvalue weighted by Gasteiger charge is 2.20. The minimum Gasteiger partial charge on any atom is -0.508 e. The summed E-state index contributed by atoms with van der Waals surface area (Å²) in [5.41, 5.74) is 0.843. The fourth-order valence-electron chi connectivity index (χ4n) is 1.83. The number of hydrogen-bond acceptors (Lipinski definition) is 3. The molecule has 0 bridgehead atoms. The van der Waals surface area contributed by atoms with Gasteiger partial charge < -0.3 is 10.2 Å². The first-order valence-electron chi connectivity index (χ1n) is 5.06. The van der Waals surface area contributed by atoms with E-state index in [0.29, 0.717) is 6.42 Å². The Morgan fingerprint density at radius 2 is 2.25 bits per heavy atom. The number of phenolic OH excluding ortho intramolecular Hbond substituents is 1. The van der Waals surface area contributed by atoms with Crippen molar-refractivity contribution in [3.05, 3.63) is 29.1 Å². The summed E-state index contributed by atoms with van der Waals surface area (Å²) < 4.78 is 0.926. The lowest BCUT2D eigenvalue weighted by atomic mass is 9.96. The zero-order valence-corrected chi connectivity index (χ0v) is 9.62. The fourth-order valence-corrected chi connectivity index (χ4v) is 2.88. The van der Waals surface area contributed by atoms with Gasteiger partial charge in [0.25, 0.3) is 0 Å². The molecule has 2 aromatic rings. The minimum absolute atomic E-state index is 0.212. The quantitative estimate of drug-likeness (QED) is 0.860. The van der Waals surface area contributed by atoms with Crippen molar-refractivity contribution in [1.29, 1.82) is 0 Å². The molecule has 1 aromatic heterocycles. The molecule has 0 spiro atoms. The molecule has 0 aliphatic heterocycles. The van der Waals surface area contributed by atoms with Crippen LogP contribution in [0.2, 0.25) is 0 Å². The number of carboxylic acid groups (broad SMARTS) is 1. The van der Waals surface area contributed by atoms with Gasteiger partial charge in [0.1, 0.15) is 5.75 Å². The average molecular weight is 236 g/mol. The first-order valence-corrected chi connectivity index (χ1v) is 5.94. The van der Waals surface area contributed by atoms with Crippen LogP contribution in [0, 0.1) is 0 Å². The van der Waals surface area contributed by atoms with Gasteiger partial charge in [-0.05, 0) is 40.9 Å². The van der Waals surface area contributed by atoms with E-state index in [1.165, 1.54) is 11.3 Å². The maximum atomic E-state index is 11.1. The predicted molar refractivity (Wildman–Crippen MR) is 64.2 cm³/mol. The van der Waals surface area contributed by atoms with Crippen molar-refractivity contribution < 1.29 is 15.0 Å². The molecule has 84 valence electrons. The van der Waals surface area contributed by atoms with Gasteiger partial charge in [0, 0.05) is 4.70 Å². The molecule has 3 nitrogen and oxygen atoms in total. The van der Waals surface area contributed by atoms with Crippen molar-refractivity contribution in [3.8, 4) is 5.75 Å². The standard InChI is InChI=1S/C12H12O3S/c1-2-8(12(14)15)10-6-16-11-5-7(13)3-4-9(10)11/h3-6,8,13H,2H2,1H3,(H,14,15). The van der Waals surface area contributed by atoms with Crippen LogP contribution in [0.5, 0.6) is 5.75 Å². The minimum atomic E-state index is -0.796. The van der Waals surface area contributed by atoms with Crippen LogP contribution < -0.4 is 0 Å². The molecule has 0 radical (unpaired) electrons. The van der Waals surface area contributed by atoms with Crippen LogP contribution in [-0.2, 0) is 4.79 Å². The van der Waals surface area contributed by atoms with Crippen molar-refractivity contribution in [1.82, 2.24) is 0 Å². The number of phenols is 1. The molecular weight excluding hydrogens is 224 g/mol. The van der Waals surface area contributed by atoms with Crippen molar-refractivity contribution >= 4 is 27.4 Å². The molecule has 0 amide bonds. The van der Waals surface area contributed by atoms with E-state index >= 15 is 0 Å². The Hall–Kier alpha value is -1.55. The first-order chi connectivity index (χ1) is 7.63. The SMILES string of the molecule is CCC(C(=O)O)c1csc2cc(O)ccc12. The molecule has 1 unspecified atom stereocenters. The summed E-state index contributed by atoms with van der Waals surface area (Å²) in [6.45, 7) is 1.86. The van der Waals surface area contributed by atoms with Gasteiger partial charge in [0.05, 0.1) is 5.92 Å². The van der Waals surface area contributed by atoms with Gasteiger partial charge in [-0.1, -0.05) is 6.92 Å². The molecule has 16 heavy (non-hydrogen) atoms. The van der Waals surface area contributed by atoms with Crippen molar-refractivity contribution in [2.75, 3.05) is 0 Å². The molecule has 0 saturated heterocycles. The number of benzene rings is 1. The molecule has 4 heteroatoms. The summed E-state index contributed by atoms with van der Waals surface area (Å²) >= 11 is 1.47. The Balaban J connectivity index is 2.57. The Morgan fingerprint density at radius 1 is 1.50 bits per heavy atom. The number of rotatable bonds is 3. The summed E-state index contributed by atoms with van der Waals surface area (Å²) in [5.74, 6) is -1.04. The number of carboxylic acids is 1. The van der Waals surface area contributed by atoms with Crippen LogP contribution in [0.1, 0.15) is 24.8 Å². The molecule has 2 N–H and O–H groups in total. The van der Waals surface area contributed by atoms with E-state index in [-0.39, 0.29) is 5.75 Å². The highest BCUT2D eigenvalue weighted by Crippen LogP contribution is 2.34. The normalized spacial score (nSPS) is 12.8. The number of carbonyl (C=O) groups is 1. The molecule has 0 aliphatic rings. The molecule has 0 fully saturated rings. The molecule has 2 rings (SSSR count). The lowest BCUT2D eigenvalue weighted by Gasteiger charge is -2.08. The third kappa shape index (κ3) is 1.76. The summed E-state index contributed by atoms with van der Waals surface area (Å²) in [4.78, 5) is 11.1. The van der Waals surface area contributed by atoms with Crippen LogP contribution in [-0.4, -0.2) is 16.2 Å². The molecule has 1 atom stereocenters. The van der Waals surface area contributed by atoms with Gasteiger partial charge in [0.2, 0.25) is 0 Å². The molecule has 1 heterocycles. The fraction of sp³-hybridized carbons (Fsp3) is 0.250. The monoisotopic (exact) mass is 236 g/mol. The second-order valence-electron chi connectivity index (χ2n) is 3.67. The average Bonchev–Trinajstić information content (AvgIpc) is 2.62. The molecular formula is C12H12O3S. The van der Waals surface area contributed by atoms with Crippen LogP contribution in [0.15, 0.2) is 23.6 Å². The molecule has 0 saturated carbocycles. The molecule has 0 aliphatic carbocycles. The van der Waals surface area contributed by atoms with Crippen molar-refractivity contribution in [2.24, 2.45) is 0 Å². The summed E-state index contributed by atoms with van der Waals surface area (Å²) in [7, 11) is 0. The number of fused-ring (bicyclic) bond motifs is 1. The van der Waals surface area contributed by atoms with E-state index < -0.39 is 11.9 Å². The van der Waals surface area contributed by atoms with E-state index in [1.807, 2.05) is 12.3 Å². The van der Waals surface area contributed by atoms with Crippen molar-refractivity contribution in [3.63, 3.8) is 0 Å². The highest BCUT2D eigenvalue weighted by molar-refractivity contribution is 7.17. The van der Waals surface area contributed by atoms with Gasteiger partial charge in [-0.25, -0.2) is 0 Å². The first kappa shape index (κ1) is 11.0. The van der Waals surface area contributed by atoms with E-state index in [2.05, 4.69) is 0 Å². The topological polar surface area (TPSA) is 57.5 Å². The summed E-state index contributed by atoms with van der Waals surface area (Å²) in [6.07, 6.45) is 0.571. The van der Waals surface area contributed by atoms with Gasteiger partial charge in [-0.15, -0.1) is 11.3 Å². The van der Waals surface area contributed by atoms with Gasteiger partial charge >= 0.3 is 5.97 Å². The highest BCUT2D eigenvalue weighted by atomic mass is 32.1. The number of hydrogen-bond donors (Lipinski definition) is 2. The van der Waals surface area contributed by atoms with Crippen LogP contribution in [0.3, 0.4) is 0 Å². The van der Waals surface area contributed by atoms with Gasteiger partial charge in [0.15, 0.2) is 0 Å². The Morgan fingerprint density at radius 3 is 2.88 bits per heavy atom. The van der Waals surface area contributed by atoms with Crippen molar-refractivity contribution in [2.45, 2.75) is 19.3 Å². The Labute approximate surface area is 97.0 Å². The van der Waals surface area contributed by atoms with E-state index in [0.717, 1.165) is 15.6 Å². The van der Waals surface area contributed by atoms with Crippen LogP contribution in [0.25, 0.3) is 10.1 Å². The lowest BCUT2D eigenvalue weighted by Crippen LogP contribution is -2.09. The second kappa shape index (κ2) is 4.14. The Bertz CT molecular complexity index is 530. The zero-order chi connectivity index (χ0) is 11.7. The van der Waals surface area contributed by atoms with Crippen LogP contribution >= 0.6 is 11.3 Å². The number of aliphatic carboxylic acids is 1. The smallest absolute Gasteiger partial charge is 0.311 e. The third-order valence-electron chi connectivity index (χ3n) is 2.67.